The van der Waals surface area contributed by atoms with E-state index in [1.54, 1.807) is 34.5 Å². The van der Waals surface area contributed by atoms with Gasteiger partial charge in [0.2, 0.25) is 0 Å². The van der Waals surface area contributed by atoms with Crippen LogP contribution in [0.2, 0.25) is 0 Å². The lowest BCUT2D eigenvalue weighted by molar-refractivity contribution is 0.0697. The molecule has 0 saturated heterocycles. The molecule has 1 unspecified atom stereocenters. The zero-order valence-electron chi connectivity index (χ0n) is 39.2. The Bertz CT molecular complexity index is 2590. The topological polar surface area (TPSA) is 117 Å². The molecule has 2 heterocycles. The fourth-order valence-corrected chi connectivity index (χ4v) is 10.4. The number of methoxy groups -OCH3 is 4. The molecule has 65 heavy (non-hydrogen) atoms. The van der Waals surface area contributed by atoms with Crippen molar-refractivity contribution in [3.63, 3.8) is 0 Å². The van der Waals surface area contributed by atoms with Crippen molar-refractivity contribution in [2.75, 3.05) is 28.4 Å². The van der Waals surface area contributed by atoms with Gasteiger partial charge >= 0.3 is 22.8 Å². The Kier molecular flexibility index (Phi) is 16.2. The van der Waals surface area contributed by atoms with E-state index in [0.29, 0.717) is 69.4 Å². The van der Waals surface area contributed by atoms with Crippen molar-refractivity contribution in [1.82, 2.24) is 0 Å². The predicted octanol–water partition coefficient (Wildman–Crippen LogP) is 15.4. The standard InChI is InChI=1S/C52H62O11P2/c1-10-14-20-34-25-38(54-6)29-43-44-30-39(55-7)26-35(21-15-11-2)49(44)60-64(59-48(34)43)61-50-36(22-16-12-3)27-40(56-8)31-45(50)46-32-41(57-9)28-37(23-17-13-4)51(46)62-65-58-47-33(5)19-18-24-42(47)52(53)63-65/h18-19,24-32H,10-17,20-23H2,1-9H3. The Balaban J connectivity index is 1.52. The van der Waals surface area contributed by atoms with Gasteiger partial charge in [-0.1, -0.05) is 65.5 Å². The van der Waals surface area contributed by atoms with E-state index in [1.165, 1.54) is 0 Å². The van der Waals surface area contributed by atoms with Gasteiger partial charge in [0.25, 0.3) is 0 Å². The molecule has 11 nitrogen and oxygen atoms in total. The summed E-state index contributed by atoms with van der Waals surface area (Å²) in [6.45, 7) is 10.6. The number of aryl methyl sites for hydroxylation is 5. The van der Waals surface area contributed by atoms with Crippen LogP contribution in [0.25, 0.3) is 33.1 Å². The third-order valence-electron chi connectivity index (χ3n) is 11.7. The lowest BCUT2D eigenvalue weighted by atomic mass is 9.94. The number of fused-ring (bicyclic) bond motifs is 4. The number of unbranched alkanes of at least 4 members (excludes halogenated alkanes) is 4. The quantitative estimate of drug-likeness (QED) is 0.0642. The van der Waals surface area contributed by atoms with Crippen LogP contribution in [0.3, 0.4) is 0 Å². The number of ether oxygens (including phenoxy) is 4. The highest BCUT2D eigenvalue weighted by atomic mass is 31.2. The SMILES string of the molecule is CCCCc1cc(OC)cc(-c2cc(OC)cc(CCCC)c2Op2oc3c(CCCC)cc(OC)cc3c3cc(OC)cc(CCCC)c3o2)c1OP1OC(=O)c2cccc(C)c2O1. The fourth-order valence-electron chi connectivity index (χ4n) is 8.09. The smallest absolute Gasteiger partial charge is 0.497 e. The summed E-state index contributed by atoms with van der Waals surface area (Å²) in [7, 11) is 2.30. The summed E-state index contributed by atoms with van der Waals surface area (Å²) >= 11 is 0. The van der Waals surface area contributed by atoms with E-state index in [1.807, 2.05) is 55.5 Å². The third kappa shape index (κ3) is 10.6. The summed E-state index contributed by atoms with van der Waals surface area (Å²) in [6, 6.07) is 21.4. The molecule has 0 fully saturated rings. The monoisotopic (exact) mass is 924 g/mol. The molecule has 13 heteroatoms. The van der Waals surface area contributed by atoms with Gasteiger partial charge in [-0.05, 0) is 141 Å². The van der Waals surface area contributed by atoms with Gasteiger partial charge in [0, 0.05) is 21.9 Å². The molecule has 1 aliphatic rings. The highest BCUT2D eigenvalue weighted by Gasteiger charge is 2.35. The number of rotatable bonds is 21. The van der Waals surface area contributed by atoms with E-state index in [2.05, 4.69) is 39.8 Å². The van der Waals surface area contributed by atoms with E-state index in [-0.39, 0.29) is 0 Å². The second kappa shape index (κ2) is 22.1. The van der Waals surface area contributed by atoms with Crippen molar-refractivity contribution < 1.29 is 50.2 Å². The molecular weight excluding hydrogens is 863 g/mol. The molecule has 0 radical (unpaired) electrons. The molecule has 0 spiro atoms. The maximum absolute atomic E-state index is 13.4. The molecule has 5 aromatic carbocycles. The minimum Gasteiger partial charge on any atom is -0.497 e. The first-order chi connectivity index (χ1) is 31.7. The number of carbonyl (C=O) groups is 1. The maximum Gasteiger partial charge on any atom is 0.532 e. The molecule has 1 atom stereocenters. The Morgan fingerprint density at radius 3 is 1.40 bits per heavy atom. The Morgan fingerprint density at radius 1 is 0.508 bits per heavy atom. The van der Waals surface area contributed by atoms with Crippen LogP contribution in [0.1, 0.15) is 117 Å². The van der Waals surface area contributed by atoms with Crippen molar-refractivity contribution in [2.45, 2.75) is 112 Å². The average Bonchev–Trinajstić information content (AvgIpc) is 3.48. The van der Waals surface area contributed by atoms with Gasteiger partial charge in [-0.3, -0.25) is 0 Å². The zero-order valence-corrected chi connectivity index (χ0v) is 41.0. The summed E-state index contributed by atoms with van der Waals surface area (Å²) in [4.78, 5) is 13.4. The Hall–Kier alpha value is -5.50. The first kappa shape index (κ1) is 47.5. The summed E-state index contributed by atoms with van der Waals surface area (Å²) in [5.41, 5.74) is 7.61. The Morgan fingerprint density at radius 2 is 0.938 bits per heavy atom. The minimum atomic E-state index is -2.21. The summed E-state index contributed by atoms with van der Waals surface area (Å²) in [5, 5.41) is 1.70. The van der Waals surface area contributed by atoms with Crippen LogP contribution in [0.4, 0.5) is 0 Å². The number of carbonyl (C=O) groups excluding carboxylic acids is 1. The van der Waals surface area contributed by atoms with E-state index in [4.69, 9.17) is 45.4 Å². The van der Waals surface area contributed by atoms with E-state index >= 15 is 0 Å². The molecule has 0 amide bonds. The highest BCUT2D eigenvalue weighted by molar-refractivity contribution is 7.43. The third-order valence-corrected chi connectivity index (χ3v) is 13.7. The predicted molar refractivity (Wildman–Crippen MR) is 260 cm³/mol. The first-order valence-electron chi connectivity index (χ1n) is 22.8. The molecular formula is C52H62O11P2. The molecule has 6 aromatic rings. The van der Waals surface area contributed by atoms with E-state index in [9.17, 15) is 4.79 Å². The van der Waals surface area contributed by atoms with Crippen molar-refractivity contribution in [3.8, 4) is 51.4 Å². The van der Waals surface area contributed by atoms with Crippen LogP contribution >= 0.6 is 16.8 Å². The van der Waals surface area contributed by atoms with Crippen LogP contribution in [0.5, 0.6) is 40.2 Å². The van der Waals surface area contributed by atoms with Gasteiger partial charge < -0.3 is 45.4 Å². The van der Waals surface area contributed by atoms with Gasteiger partial charge in [-0.25, -0.2) is 4.79 Å². The fraction of sp³-hybridized carbons (Fsp3) is 0.404. The van der Waals surface area contributed by atoms with E-state index < -0.39 is 22.8 Å². The number of hydrogen-bond acceptors (Lipinski definition) is 11. The van der Waals surface area contributed by atoms with Gasteiger partial charge in [0.15, 0.2) is 0 Å². The molecule has 0 saturated carbocycles. The van der Waals surface area contributed by atoms with Crippen molar-refractivity contribution in [2.24, 2.45) is 0 Å². The summed E-state index contributed by atoms with van der Waals surface area (Å²) in [6.07, 6.45) is 10.4. The largest absolute Gasteiger partial charge is 0.532 e. The molecule has 1 aromatic heterocycles. The first-order valence-corrected chi connectivity index (χ1v) is 25.0. The van der Waals surface area contributed by atoms with Crippen LogP contribution in [0, 0.1) is 6.92 Å². The van der Waals surface area contributed by atoms with Gasteiger partial charge in [-0.2, -0.15) is 0 Å². The number of benzene rings is 5. The van der Waals surface area contributed by atoms with Crippen LogP contribution in [-0.4, -0.2) is 34.4 Å². The Labute approximate surface area is 385 Å². The molecule has 346 valence electrons. The normalized spacial score (nSPS) is 13.2. The average molecular weight is 925 g/mol. The van der Waals surface area contributed by atoms with Crippen LogP contribution < -0.4 is 32.5 Å². The second-order valence-corrected chi connectivity index (χ2v) is 18.3. The van der Waals surface area contributed by atoms with E-state index in [0.717, 1.165) is 114 Å². The molecule has 1 aliphatic heterocycles. The van der Waals surface area contributed by atoms with Crippen LogP contribution in [-0.2, 0) is 30.2 Å². The van der Waals surface area contributed by atoms with Gasteiger partial charge in [0.1, 0.15) is 57.0 Å². The summed E-state index contributed by atoms with van der Waals surface area (Å²) < 4.78 is 64.4. The molecule has 0 bridgehead atoms. The molecule has 0 N–H and O–H groups in total. The lowest BCUT2D eigenvalue weighted by Gasteiger charge is -2.26. The van der Waals surface area contributed by atoms with Crippen LogP contribution in [0.15, 0.2) is 75.1 Å². The number of hydrogen-bond donors (Lipinski definition) is 0. The second-order valence-electron chi connectivity index (χ2n) is 16.3. The minimum absolute atomic E-state index is 0.360. The van der Waals surface area contributed by atoms with Crippen molar-refractivity contribution in [1.29, 1.82) is 0 Å². The lowest BCUT2D eigenvalue weighted by Crippen LogP contribution is -2.16. The zero-order chi connectivity index (χ0) is 46.0. The number of para-hydroxylation sites is 1. The maximum atomic E-state index is 13.4. The van der Waals surface area contributed by atoms with Crippen molar-refractivity contribution >= 4 is 44.8 Å². The van der Waals surface area contributed by atoms with Gasteiger partial charge in [0.05, 0.1) is 28.4 Å². The summed E-state index contributed by atoms with van der Waals surface area (Å²) in [5.74, 6) is 3.70. The highest BCUT2D eigenvalue weighted by Crippen LogP contribution is 2.54. The molecule has 0 aliphatic carbocycles. The van der Waals surface area contributed by atoms with Gasteiger partial charge in [-0.15, -0.1) is 0 Å². The molecule has 7 rings (SSSR count). The van der Waals surface area contributed by atoms with Crippen molar-refractivity contribution in [3.05, 3.63) is 100 Å².